The smallest absolute Gasteiger partial charge is 0.251 e. The number of imide groups is 1. The maximum Gasteiger partial charge on any atom is 0.251 e. The van der Waals surface area contributed by atoms with E-state index in [4.69, 9.17) is 0 Å². The van der Waals surface area contributed by atoms with E-state index in [2.05, 4.69) is 10.6 Å². The summed E-state index contributed by atoms with van der Waals surface area (Å²) in [7, 11) is 0. The quantitative estimate of drug-likeness (QED) is 0.573. The van der Waals surface area contributed by atoms with Gasteiger partial charge in [-0.3, -0.25) is 19.3 Å². The molecule has 118 valence electrons. The zero-order valence-electron chi connectivity index (χ0n) is 12.7. The normalized spacial score (nSPS) is 14.5. The number of carbonyl (C=O) groups is 3. The van der Waals surface area contributed by atoms with Gasteiger partial charge in [0.25, 0.3) is 5.91 Å². The van der Waals surface area contributed by atoms with Crippen molar-refractivity contribution < 1.29 is 14.4 Å². The molecule has 0 radical (unpaired) electrons. The number of likely N-dealkylation sites (N-methyl/N-ethyl adjacent to an activating group) is 1. The average Bonchev–Trinajstić information content (AvgIpc) is 2.84. The lowest BCUT2D eigenvalue weighted by Gasteiger charge is -2.14. The fourth-order valence-electron chi connectivity index (χ4n) is 2.29. The van der Waals surface area contributed by atoms with Crippen LogP contribution in [0.1, 0.15) is 35.7 Å². The molecule has 0 aromatic heterocycles. The monoisotopic (exact) mass is 303 g/mol. The Bertz CT molecular complexity index is 538. The molecule has 0 saturated carbocycles. The van der Waals surface area contributed by atoms with Crippen LogP contribution in [0.15, 0.2) is 24.3 Å². The summed E-state index contributed by atoms with van der Waals surface area (Å²) in [4.78, 5) is 36.3. The van der Waals surface area contributed by atoms with E-state index in [0.29, 0.717) is 24.9 Å². The molecule has 1 aromatic carbocycles. The highest BCUT2D eigenvalue weighted by atomic mass is 16.2. The molecular formula is C16H21N3O3. The first-order valence-corrected chi connectivity index (χ1v) is 7.53. The van der Waals surface area contributed by atoms with Gasteiger partial charge in [-0.15, -0.1) is 0 Å². The van der Waals surface area contributed by atoms with Crippen LogP contribution in [0, 0.1) is 0 Å². The van der Waals surface area contributed by atoms with Gasteiger partial charge >= 0.3 is 0 Å². The van der Waals surface area contributed by atoms with Crippen LogP contribution in [0.4, 0.5) is 0 Å². The second-order valence-electron chi connectivity index (χ2n) is 5.18. The zero-order chi connectivity index (χ0) is 15.9. The molecule has 1 aliphatic rings. The van der Waals surface area contributed by atoms with Crippen molar-refractivity contribution in [2.24, 2.45) is 0 Å². The van der Waals surface area contributed by atoms with E-state index in [0.717, 1.165) is 18.7 Å². The van der Waals surface area contributed by atoms with Crippen LogP contribution in [0.2, 0.25) is 0 Å². The van der Waals surface area contributed by atoms with E-state index in [1.165, 1.54) is 4.90 Å². The molecule has 6 heteroatoms. The summed E-state index contributed by atoms with van der Waals surface area (Å²) in [6, 6.07) is 6.97. The van der Waals surface area contributed by atoms with E-state index in [9.17, 15) is 14.4 Å². The number of hydrogen-bond acceptors (Lipinski definition) is 4. The highest BCUT2D eigenvalue weighted by molar-refractivity contribution is 6.01. The van der Waals surface area contributed by atoms with Gasteiger partial charge in [-0.25, -0.2) is 0 Å². The second-order valence-corrected chi connectivity index (χ2v) is 5.18. The fourth-order valence-corrected chi connectivity index (χ4v) is 2.29. The number of carbonyl (C=O) groups excluding carboxylic acids is 3. The Morgan fingerprint density at radius 2 is 1.73 bits per heavy atom. The van der Waals surface area contributed by atoms with Gasteiger partial charge < -0.3 is 10.6 Å². The number of nitrogens with zero attached hydrogens (tertiary/aromatic N) is 1. The predicted octanol–water partition coefficient (Wildman–Crippen LogP) is 0.675. The molecule has 6 nitrogen and oxygen atoms in total. The van der Waals surface area contributed by atoms with E-state index >= 15 is 0 Å². The maximum atomic E-state index is 11.9. The van der Waals surface area contributed by atoms with Crippen molar-refractivity contribution in [3.05, 3.63) is 35.4 Å². The molecule has 2 N–H and O–H groups in total. The fraction of sp³-hybridized carbons (Fsp3) is 0.438. The molecule has 1 fully saturated rings. The zero-order valence-corrected chi connectivity index (χ0v) is 12.7. The van der Waals surface area contributed by atoms with Gasteiger partial charge in [0, 0.05) is 31.5 Å². The first kappa shape index (κ1) is 16.2. The molecule has 3 amide bonds. The Morgan fingerprint density at radius 1 is 1.09 bits per heavy atom. The lowest BCUT2D eigenvalue weighted by molar-refractivity contribution is -0.139. The van der Waals surface area contributed by atoms with Crippen molar-refractivity contribution in [1.29, 1.82) is 0 Å². The molecule has 0 spiro atoms. The summed E-state index contributed by atoms with van der Waals surface area (Å²) in [5, 5.41) is 5.95. The van der Waals surface area contributed by atoms with Gasteiger partial charge in [0.2, 0.25) is 11.8 Å². The molecule has 0 bridgehead atoms. The SMILES string of the molecule is CCNCCNC(=O)c1ccc(CN2C(=O)CCC2=O)cc1. The topological polar surface area (TPSA) is 78.5 Å². The molecule has 2 rings (SSSR count). The lowest BCUT2D eigenvalue weighted by atomic mass is 10.1. The van der Waals surface area contributed by atoms with Crippen LogP contribution in [0.3, 0.4) is 0 Å². The predicted molar refractivity (Wildman–Crippen MR) is 82.1 cm³/mol. The Kier molecular flexibility index (Phi) is 5.66. The number of benzene rings is 1. The van der Waals surface area contributed by atoms with Gasteiger partial charge in [0.05, 0.1) is 6.54 Å². The van der Waals surface area contributed by atoms with E-state index < -0.39 is 0 Å². The highest BCUT2D eigenvalue weighted by Crippen LogP contribution is 2.16. The number of likely N-dealkylation sites (tertiary alicyclic amines) is 1. The summed E-state index contributed by atoms with van der Waals surface area (Å²) in [6.45, 7) is 4.47. The number of amides is 3. The van der Waals surface area contributed by atoms with Crippen molar-refractivity contribution in [1.82, 2.24) is 15.5 Å². The van der Waals surface area contributed by atoms with Crippen molar-refractivity contribution in [3.63, 3.8) is 0 Å². The average molecular weight is 303 g/mol. The van der Waals surface area contributed by atoms with E-state index in [1.807, 2.05) is 6.92 Å². The summed E-state index contributed by atoms with van der Waals surface area (Å²) < 4.78 is 0. The van der Waals surface area contributed by atoms with Gasteiger partial charge in [0.15, 0.2) is 0 Å². The van der Waals surface area contributed by atoms with Crippen molar-refractivity contribution in [2.75, 3.05) is 19.6 Å². The number of rotatable bonds is 7. The van der Waals surface area contributed by atoms with Crippen LogP contribution in [0.5, 0.6) is 0 Å². The third-order valence-electron chi connectivity index (χ3n) is 3.55. The third kappa shape index (κ3) is 4.14. The first-order chi connectivity index (χ1) is 10.6. The van der Waals surface area contributed by atoms with Crippen LogP contribution in [0.25, 0.3) is 0 Å². The van der Waals surface area contributed by atoms with Crippen molar-refractivity contribution in [2.45, 2.75) is 26.3 Å². The van der Waals surface area contributed by atoms with Crippen molar-refractivity contribution in [3.8, 4) is 0 Å². The summed E-state index contributed by atoms with van der Waals surface area (Å²) in [5.41, 5.74) is 1.41. The van der Waals surface area contributed by atoms with Crippen LogP contribution >= 0.6 is 0 Å². The minimum absolute atomic E-state index is 0.127. The second kappa shape index (κ2) is 7.70. The lowest BCUT2D eigenvalue weighted by Crippen LogP contribution is -2.31. The Labute approximate surface area is 129 Å². The minimum atomic E-state index is -0.129. The molecular weight excluding hydrogens is 282 g/mol. The number of nitrogens with one attached hydrogen (secondary N) is 2. The maximum absolute atomic E-state index is 11.9. The van der Waals surface area contributed by atoms with Gasteiger partial charge in [-0.2, -0.15) is 0 Å². The van der Waals surface area contributed by atoms with Gasteiger partial charge in [-0.05, 0) is 24.2 Å². The Balaban J connectivity index is 1.88. The Morgan fingerprint density at radius 3 is 2.32 bits per heavy atom. The van der Waals surface area contributed by atoms with E-state index in [-0.39, 0.29) is 24.3 Å². The molecule has 0 unspecified atom stereocenters. The minimum Gasteiger partial charge on any atom is -0.351 e. The molecule has 1 aliphatic heterocycles. The number of hydrogen-bond donors (Lipinski definition) is 2. The largest absolute Gasteiger partial charge is 0.351 e. The summed E-state index contributed by atoms with van der Waals surface area (Å²) >= 11 is 0. The molecule has 0 aliphatic carbocycles. The standard InChI is InChI=1S/C16H21N3O3/c1-2-17-9-10-18-16(22)13-5-3-12(4-6-13)11-19-14(20)7-8-15(19)21/h3-6,17H,2,7-11H2,1H3,(H,18,22). The third-order valence-corrected chi connectivity index (χ3v) is 3.55. The molecule has 22 heavy (non-hydrogen) atoms. The van der Waals surface area contributed by atoms with Gasteiger partial charge in [0.1, 0.15) is 0 Å². The van der Waals surface area contributed by atoms with Crippen LogP contribution in [-0.2, 0) is 16.1 Å². The van der Waals surface area contributed by atoms with Crippen molar-refractivity contribution >= 4 is 17.7 Å². The highest BCUT2D eigenvalue weighted by Gasteiger charge is 2.28. The summed E-state index contributed by atoms with van der Waals surface area (Å²) in [6.07, 6.45) is 0.593. The summed E-state index contributed by atoms with van der Waals surface area (Å²) in [5.74, 6) is -0.386. The molecule has 1 heterocycles. The molecule has 1 aromatic rings. The molecule has 0 atom stereocenters. The van der Waals surface area contributed by atoms with E-state index in [1.54, 1.807) is 24.3 Å². The molecule has 1 saturated heterocycles. The van der Waals surface area contributed by atoms with Crippen LogP contribution in [-0.4, -0.2) is 42.3 Å². The Hall–Kier alpha value is -2.21. The first-order valence-electron chi connectivity index (χ1n) is 7.53. The van der Waals surface area contributed by atoms with Gasteiger partial charge in [-0.1, -0.05) is 19.1 Å². The van der Waals surface area contributed by atoms with Crippen LogP contribution < -0.4 is 10.6 Å².